The van der Waals surface area contributed by atoms with Crippen LogP contribution in [0.5, 0.6) is 0 Å². The van der Waals surface area contributed by atoms with E-state index in [9.17, 15) is 4.79 Å². The number of fused-ring (bicyclic) bond motifs is 1. The van der Waals surface area contributed by atoms with E-state index >= 15 is 0 Å². The van der Waals surface area contributed by atoms with Crippen molar-refractivity contribution in [2.24, 2.45) is 11.8 Å². The van der Waals surface area contributed by atoms with Crippen LogP contribution in [-0.4, -0.2) is 25.8 Å². The number of methoxy groups -OCH3 is 1. The van der Waals surface area contributed by atoms with Crippen LogP contribution in [0.1, 0.15) is 32.1 Å². The molecule has 1 saturated carbocycles. The van der Waals surface area contributed by atoms with Gasteiger partial charge in [0, 0.05) is 6.61 Å². The van der Waals surface area contributed by atoms with Crippen LogP contribution < -0.4 is 0 Å². The van der Waals surface area contributed by atoms with Gasteiger partial charge in [-0.05, 0) is 38.0 Å². The highest BCUT2D eigenvalue weighted by molar-refractivity contribution is 5.72. The normalized spacial score (nSPS) is 37.4. The molecule has 3 nitrogen and oxygen atoms in total. The zero-order valence-corrected chi connectivity index (χ0v) is 8.70. The Labute approximate surface area is 84.8 Å². The van der Waals surface area contributed by atoms with Gasteiger partial charge in [-0.1, -0.05) is 0 Å². The number of carbonyl (C=O) groups is 1. The molecule has 0 N–H and O–H groups in total. The van der Waals surface area contributed by atoms with E-state index in [2.05, 4.69) is 0 Å². The maximum Gasteiger partial charge on any atom is 0.308 e. The second-order valence-corrected chi connectivity index (χ2v) is 4.34. The largest absolute Gasteiger partial charge is 0.469 e. The lowest BCUT2D eigenvalue weighted by atomic mass is 9.76. The molecule has 2 rings (SSSR count). The first-order valence-corrected chi connectivity index (χ1v) is 5.50. The first-order valence-electron chi connectivity index (χ1n) is 5.50. The smallest absolute Gasteiger partial charge is 0.308 e. The zero-order valence-electron chi connectivity index (χ0n) is 8.70. The van der Waals surface area contributed by atoms with Gasteiger partial charge in [-0.25, -0.2) is 0 Å². The van der Waals surface area contributed by atoms with Crippen molar-refractivity contribution in [2.75, 3.05) is 13.7 Å². The van der Waals surface area contributed by atoms with Gasteiger partial charge in [0.15, 0.2) is 0 Å². The minimum atomic E-state index is -0.0333. The van der Waals surface area contributed by atoms with E-state index in [0.717, 1.165) is 32.3 Å². The molecule has 2 fully saturated rings. The fourth-order valence-electron chi connectivity index (χ4n) is 2.72. The van der Waals surface area contributed by atoms with Crippen molar-refractivity contribution in [3.63, 3.8) is 0 Å². The molecule has 1 aliphatic carbocycles. The molecule has 3 unspecified atom stereocenters. The van der Waals surface area contributed by atoms with Gasteiger partial charge in [-0.15, -0.1) is 0 Å². The molecule has 0 aromatic carbocycles. The van der Waals surface area contributed by atoms with Crippen LogP contribution in [0.2, 0.25) is 0 Å². The topological polar surface area (TPSA) is 35.5 Å². The molecule has 1 saturated heterocycles. The van der Waals surface area contributed by atoms with E-state index in [-0.39, 0.29) is 11.9 Å². The molecule has 0 spiro atoms. The Balaban J connectivity index is 1.92. The molecule has 14 heavy (non-hydrogen) atoms. The molecule has 0 aromatic heterocycles. The van der Waals surface area contributed by atoms with Crippen molar-refractivity contribution in [1.29, 1.82) is 0 Å². The minimum Gasteiger partial charge on any atom is -0.469 e. The van der Waals surface area contributed by atoms with Crippen LogP contribution in [0, 0.1) is 11.8 Å². The van der Waals surface area contributed by atoms with Crippen LogP contribution >= 0.6 is 0 Å². The first-order chi connectivity index (χ1) is 6.81. The highest BCUT2D eigenvalue weighted by Crippen LogP contribution is 2.36. The van der Waals surface area contributed by atoms with E-state index in [1.165, 1.54) is 13.5 Å². The van der Waals surface area contributed by atoms with Crippen molar-refractivity contribution < 1.29 is 14.3 Å². The third kappa shape index (κ3) is 1.92. The molecule has 0 radical (unpaired) electrons. The lowest BCUT2D eigenvalue weighted by Gasteiger charge is -2.38. The number of hydrogen-bond donors (Lipinski definition) is 0. The predicted molar refractivity (Wildman–Crippen MR) is 51.8 cm³/mol. The Kier molecular flexibility index (Phi) is 3.06. The van der Waals surface area contributed by atoms with Crippen LogP contribution in [-0.2, 0) is 14.3 Å². The molecule has 0 amide bonds. The summed E-state index contributed by atoms with van der Waals surface area (Å²) in [5, 5.41) is 0. The second-order valence-electron chi connectivity index (χ2n) is 4.34. The molecular weight excluding hydrogens is 180 g/mol. The van der Waals surface area contributed by atoms with Crippen LogP contribution in [0.15, 0.2) is 0 Å². The van der Waals surface area contributed by atoms with Gasteiger partial charge >= 0.3 is 5.97 Å². The molecular formula is C11H18O3. The summed E-state index contributed by atoms with van der Waals surface area (Å²) in [7, 11) is 1.48. The van der Waals surface area contributed by atoms with Crippen molar-refractivity contribution in [2.45, 2.75) is 38.2 Å². The lowest BCUT2D eigenvalue weighted by Crippen LogP contribution is -2.37. The summed E-state index contributed by atoms with van der Waals surface area (Å²) in [6.07, 6.45) is 5.73. The standard InChI is InChI=1S/C11H18O3/c1-13-11(12)9-4-5-10-8(7-9)3-2-6-14-10/h8-10H,2-7H2,1H3. The number of ether oxygens (including phenoxy) is 2. The number of esters is 1. The van der Waals surface area contributed by atoms with Gasteiger partial charge < -0.3 is 9.47 Å². The summed E-state index contributed by atoms with van der Waals surface area (Å²) in [6.45, 7) is 0.907. The number of carbonyl (C=O) groups excluding carboxylic acids is 1. The minimum absolute atomic E-state index is 0.0333. The summed E-state index contributed by atoms with van der Waals surface area (Å²) in [5.74, 6) is 0.693. The Morgan fingerprint density at radius 3 is 3.00 bits per heavy atom. The van der Waals surface area contributed by atoms with Crippen LogP contribution in [0.4, 0.5) is 0 Å². The maximum atomic E-state index is 11.4. The average Bonchev–Trinajstić information content (AvgIpc) is 2.27. The predicted octanol–water partition coefficient (Wildman–Crippen LogP) is 1.75. The molecule has 1 heterocycles. The van der Waals surface area contributed by atoms with E-state index in [1.54, 1.807) is 0 Å². The van der Waals surface area contributed by atoms with Gasteiger partial charge in [0.1, 0.15) is 0 Å². The summed E-state index contributed by atoms with van der Waals surface area (Å²) in [4.78, 5) is 11.4. The van der Waals surface area contributed by atoms with Crippen molar-refractivity contribution in [3.05, 3.63) is 0 Å². The Hall–Kier alpha value is -0.570. The highest BCUT2D eigenvalue weighted by atomic mass is 16.5. The van der Waals surface area contributed by atoms with E-state index in [4.69, 9.17) is 9.47 Å². The Morgan fingerprint density at radius 2 is 2.21 bits per heavy atom. The van der Waals surface area contributed by atoms with Gasteiger partial charge in [0.2, 0.25) is 0 Å². The van der Waals surface area contributed by atoms with Crippen molar-refractivity contribution in [3.8, 4) is 0 Å². The maximum absolute atomic E-state index is 11.4. The van der Waals surface area contributed by atoms with Crippen LogP contribution in [0.3, 0.4) is 0 Å². The number of rotatable bonds is 1. The summed E-state index contributed by atoms with van der Waals surface area (Å²) in [5.41, 5.74) is 0. The van der Waals surface area contributed by atoms with Gasteiger partial charge in [-0.2, -0.15) is 0 Å². The zero-order chi connectivity index (χ0) is 9.97. The van der Waals surface area contributed by atoms with Gasteiger partial charge in [0.05, 0.1) is 19.1 Å². The lowest BCUT2D eigenvalue weighted by molar-refractivity contribution is -0.150. The van der Waals surface area contributed by atoms with E-state index < -0.39 is 0 Å². The molecule has 0 aromatic rings. The monoisotopic (exact) mass is 198 g/mol. The van der Waals surface area contributed by atoms with Crippen LogP contribution in [0.25, 0.3) is 0 Å². The van der Waals surface area contributed by atoms with Crippen molar-refractivity contribution >= 4 is 5.97 Å². The number of hydrogen-bond acceptors (Lipinski definition) is 3. The third-order valence-corrected chi connectivity index (χ3v) is 3.50. The van der Waals surface area contributed by atoms with Gasteiger partial charge in [0.25, 0.3) is 0 Å². The SMILES string of the molecule is COC(=O)C1CCC2OCCCC2C1. The van der Waals surface area contributed by atoms with E-state index in [0.29, 0.717) is 12.0 Å². The molecule has 3 atom stereocenters. The van der Waals surface area contributed by atoms with Gasteiger partial charge in [-0.3, -0.25) is 4.79 Å². The quantitative estimate of drug-likeness (QED) is 0.602. The fourth-order valence-corrected chi connectivity index (χ4v) is 2.72. The molecule has 3 heteroatoms. The second kappa shape index (κ2) is 4.30. The summed E-state index contributed by atoms with van der Waals surface area (Å²) in [6, 6.07) is 0. The van der Waals surface area contributed by atoms with E-state index in [1.807, 2.05) is 0 Å². The molecule has 0 bridgehead atoms. The molecule has 1 aliphatic heterocycles. The average molecular weight is 198 g/mol. The summed E-state index contributed by atoms with van der Waals surface area (Å²) >= 11 is 0. The molecule has 2 aliphatic rings. The summed E-state index contributed by atoms with van der Waals surface area (Å²) < 4.78 is 10.5. The Morgan fingerprint density at radius 1 is 1.36 bits per heavy atom. The highest BCUT2D eigenvalue weighted by Gasteiger charge is 2.36. The first kappa shape index (κ1) is 9.97. The fraction of sp³-hybridized carbons (Fsp3) is 0.909. The van der Waals surface area contributed by atoms with Crippen molar-refractivity contribution in [1.82, 2.24) is 0 Å². The Bertz CT molecular complexity index is 215. The molecule has 80 valence electrons. The third-order valence-electron chi connectivity index (χ3n) is 3.50.